The lowest BCUT2D eigenvalue weighted by molar-refractivity contribution is 0.674. The van der Waals surface area contributed by atoms with Crippen LogP contribution in [-0.4, -0.2) is 9.96 Å². The maximum absolute atomic E-state index is 12.5. The highest BCUT2D eigenvalue weighted by molar-refractivity contribution is 7.85. The number of rotatable bonds is 4. The van der Waals surface area contributed by atoms with E-state index in [4.69, 9.17) is 5.73 Å². The van der Waals surface area contributed by atoms with Gasteiger partial charge < -0.3 is 5.73 Å². The summed E-state index contributed by atoms with van der Waals surface area (Å²) in [7, 11) is -1.07. The molecule has 0 radical (unpaired) electrons. The minimum absolute atomic E-state index is 0.203. The molecule has 2 unspecified atom stereocenters. The van der Waals surface area contributed by atoms with Crippen LogP contribution in [0.5, 0.6) is 0 Å². The molecule has 2 rings (SSSR count). The lowest BCUT2D eigenvalue weighted by Crippen LogP contribution is -2.19. The number of aryl methyl sites for hydroxylation is 4. The van der Waals surface area contributed by atoms with E-state index in [1.54, 1.807) is 0 Å². The second-order valence-electron chi connectivity index (χ2n) is 5.73. The van der Waals surface area contributed by atoms with Gasteiger partial charge in [0.15, 0.2) is 0 Å². The van der Waals surface area contributed by atoms with Gasteiger partial charge in [-0.15, -0.1) is 0 Å². The van der Waals surface area contributed by atoms with Gasteiger partial charge in [0.1, 0.15) is 0 Å². The summed E-state index contributed by atoms with van der Waals surface area (Å²) in [6.45, 7) is 8.20. The van der Waals surface area contributed by atoms with Crippen LogP contribution < -0.4 is 5.73 Å². The first-order valence-electron chi connectivity index (χ1n) is 7.17. The minimum Gasteiger partial charge on any atom is -0.323 e. The van der Waals surface area contributed by atoms with E-state index in [9.17, 15) is 4.21 Å². The summed E-state index contributed by atoms with van der Waals surface area (Å²) in [5.41, 5.74) is 12.0. The Labute approximate surface area is 129 Å². The highest BCUT2D eigenvalue weighted by Crippen LogP contribution is 2.20. The molecule has 2 atom stereocenters. The third-order valence-electron chi connectivity index (χ3n) is 3.87. The fraction of sp³-hybridized carbons (Fsp3) is 0.333. The predicted molar refractivity (Wildman–Crippen MR) is 90.0 cm³/mol. The van der Waals surface area contributed by atoms with Crippen molar-refractivity contribution in [2.75, 3.05) is 5.75 Å². The van der Waals surface area contributed by atoms with Crippen LogP contribution in [0.1, 0.15) is 33.9 Å². The highest BCUT2D eigenvalue weighted by Gasteiger charge is 2.14. The largest absolute Gasteiger partial charge is 0.323 e. The van der Waals surface area contributed by atoms with E-state index in [0.29, 0.717) is 5.75 Å². The molecule has 0 aliphatic heterocycles. The molecule has 0 bridgehead atoms. The number of benzene rings is 2. The van der Waals surface area contributed by atoms with Gasteiger partial charge in [0.2, 0.25) is 0 Å². The Balaban J connectivity index is 2.16. The normalized spacial score (nSPS) is 14.0. The zero-order chi connectivity index (χ0) is 15.6. The van der Waals surface area contributed by atoms with Crippen molar-refractivity contribution in [3.8, 4) is 0 Å². The first kappa shape index (κ1) is 15.9. The Hall–Kier alpha value is -1.45. The quantitative estimate of drug-likeness (QED) is 0.935. The molecule has 0 spiro atoms. The van der Waals surface area contributed by atoms with Crippen molar-refractivity contribution >= 4 is 10.8 Å². The zero-order valence-corrected chi connectivity index (χ0v) is 14.0. The summed E-state index contributed by atoms with van der Waals surface area (Å²) in [5, 5.41) is 0. The second kappa shape index (κ2) is 6.54. The number of hydrogen-bond acceptors (Lipinski definition) is 2. The Kier molecular flexibility index (Phi) is 4.96. The zero-order valence-electron chi connectivity index (χ0n) is 13.1. The average Bonchev–Trinajstić information content (AvgIpc) is 2.41. The molecule has 2 N–H and O–H groups in total. The van der Waals surface area contributed by atoms with Crippen molar-refractivity contribution in [1.82, 2.24) is 0 Å². The summed E-state index contributed by atoms with van der Waals surface area (Å²) in [4.78, 5) is 0.889. The molecule has 3 heteroatoms. The van der Waals surface area contributed by atoms with Crippen LogP contribution in [0, 0.1) is 27.7 Å². The molecular weight excluding hydrogens is 278 g/mol. The molecule has 21 heavy (non-hydrogen) atoms. The fourth-order valence-corrected chi connectivity index (χ4v) is 3.74. The van der Waals surface area contributed by atoms with Crippen LogP contribution in [0.4, 0.5) is 0 Å². The molecule has 0 saturated heterocycles. The van der Waals surface area contributed by atoms with Crippen molar-refractivity contribution in [1.29, 1.82) is 0 Å². The summed E-state index contributed by atoms with van der Waals surface area (Å²) in [5.74, 6) is 0.451. The van der Waals surface area contributed by atoms with Gasteiger partial charge in [-0.3, -0.25) is 4.21 Å². The first-order chi connectivity index (χ1) is 9.88. The van der Waals surface area contributed by atoms with Gasteiger partial charge in [-0.25, -0.2) is 0 Å². The van der Waals surface area contributed by atoms with Gasteiger partial charge >= 0.3 is 0 Å². The van der Waals surface area contributed by atoms with E-state index < -0.39 is 10.8 Å². The van der Waals surface area contributed by atoms with E-state index in [-0.39, 0.29) is 6.04 Å². The van der Waals surface area contributed by atoms with Crippen molar-refractivity contribution in [2.45, 2.75) is 38.6 Å². The van der Waals surface area contributed by atoms with Gasteiger partial charge in [-0.05, 0) is 56.0 Å². The standard InChI is InChI=1S/C18H23NOS/c1-12-5-8-18(15(4)9-12)21(20)11-17(19)16-7-6-13(2)14(3)10-16/h5-10,17H,11,19H2,1-4H3. The van der Waals surface area contributed by atoms with E-state index >= 15 is 0 Å². The molecule has 2 nitrogen and oxygen atoms in total. The molecule has 0 aliphatic carbocycles. The van der Waals surface area contributed by atoms with Crippen LogP contribution in [0.3, 0.4) is 0 Å². The molecule has 2 aromatic carbocycles. The Bertz CT molecular complexity index is 679. The van der Waals surface area contributed by atoms with Gasteiger partial charge in [0.05, 0.1) is 10.8 Å². The first-order valence-corrected chi connectivity index (χ1v) is 8.48. The monoisotopic (exact) mass is 301 g/mol. The van der Waals surface area contributed by atoms with Gasteiger partial charge in [-0.2, -0.15) is 0 Å². The highest BCUT2D eigenvalue weighted by atomic mass is 32.2. The minimum atomic E-state index is -1.07. The number of nitrogens with two attached hydrogens (primary N) is 1. The molecule has 0 fully saturated rings. The van der Waals surface area contributed by atoms with Gasteiger partial charge in [0, 0.05) is 16.7 Å². The van der Waals surface area contributed by atoms with Crippen molar-refractivity contribution < 1.29 is 4.21 Å². The summed E-state index contributed by atoms with van der Waals surface area (Å²) in [6, 6.07) is 12.0. The molecular formula is C18H23NOS. The van der Waals surface area contributed by atoms with Crippen molar-refractivity contribution in [2.24, 2.45) is 5.73 Å². The third-order valence-corrected chi connectivity index (χ3v) is 5.48. The van der Waals surface area contributed by atoms with Crippen LogP contribution >= 0.6 is 0 Å². The third kappa shape index (κ3) is 3.80. The summed E-state index contributed by atoms with van der Waals surface area (Å²) in [6.07, 6.45) is 0. The molecule has 2 aromatic rings. The van der Waals surface area contributed by atoms with Crippen LogP contribution in [0.15, 0.2) is 41.3 Å². The SMILES string of the molecule is Cc1ccc(S(=O)CC(N)c2ccc(C)c(C)c2)c(C)c1. The average molecular weight is 301 g/mol. The predicted octanol–water partition coefficient (Wildman–Crippen LogP) is 3.73. The maximum atomic E-state index is 12.5. The van der Waals surface area contributed by atoms with Gasteiger partial charge in [-0.1, -0.05) is 35.9 Å². The molecule has 112 valence electrons. The van der Waals surface area contributed by atoms with Crippen LogP contribution in [0.25, 0.3) is 0 Å². The molecule has 0 amide bonds. The molecule has 0 aromatic heterocycles. The van der Waals surface area contributed by atoms with E-state index in [1.165, 1.54) is 16.7 Å². The Morgan fingerprint density at radius 2 is 1.67 bits per heavy atom. The van der Waals surface area contributed by atoms with E-state index in [2.05, 4.69) is 32.0 Å². The van der Waals surface area contributed by atoms with E-state index in [0.717, 1.165) is 16.0 Å². The lowest BCUT2D eigenvalue weighted by atomic mass is 10.0. The van der Waals surface area contributed by atoms with E-state index in [1.807, 2.05) is 32.0 Å². The molecule has 0 heterocycles. The smallest absolute Gasteiger partial charge is 0.0551 e. The van der Waals surface area contributed by atoms with Crippen molar-refractivity contribution in [3.63, 3.8) is 0 Å². The summed E-state index contributed by atoms with van der Waals surface area (Å²) < 4.78 is 12.5. The molecule has 0 saturated carbocycles. The fourth-order valence-electron chi connectivity index (χ4n) is 2.40. The summed E-state index contributed by atoms with van der Waals surface area (Å²) >= 11 is 0. The number of hydrogen-bond donors (Lipinski definition) is 1. The van der Waals surface area contributed by atoms with Crippen molar-refractivity contribution in [3.05, 3.63) is 64.2 Å². The Morgan fingerprint density at radius 1 is 0.952 bits per heavy atom. The maximum Gasteiger partial charge on any atom is 0.0551 e. The lowest BCUT2D eigenvalue weighted by Gasteiger charge is -2.14. The Morgan fingerprint density at radius 3 is 2.29 bits per heavy atom. The topological polar surface area (TPSA) is 43.1 Å². The van der Waals surface area contributed by atoms with Crippen LogP contribution in [-0.2, 0) is 10.8 Å². The second-order valence-corrected chi connectivity index (χ2v) is 7.20. The van der Waals surface area contributed by atoms with Gasteiger partial charge in [0.25, 0.3) is 0 Å². The molecule has 0 aliphatic rings. The van der Waals surface area contributed by atoms with Crippen LogP contribution in [0.2, 0.25) is 0 Å².